The lowest BCUT2D eigenvalue weighted by molar-refractivity contribution is -0.384. The first-order valence-electron chi connectivity index (χ1n) is 9.74. The van der Waals surface area contributed by atoms with Crippen LogP contribution < -0.4 is 10.1 Å². The largest absolute Gasteiger partial charge is 0.457 e. The van der Waals surface area contributed by atoms with Crippen LogP contribution in [0.15, 0.2) is 42.5 Å². The number of non-ortho nitro benzene ring substituents is 1. The van der Waals surface area contributed by atoms with Crippen molar-refractivity contribution in [2.75, 3.05) is 5.32 Å². The first-order valence-corrected chi connectivity index (χ1v) is 9.74. The average molecular weight is 444 g/mol. The second-order valence-corrected chi connectivity index (χ2v) is 7.52. The number of nitro benzene ring substituents is 1. The number of nitrogens with zero attached hydrogens (tertiary/aromatic N) is 3. The van der Waals surface area contributed by atoms with Gasteiger partial charge in [0.05, 0.1) is 16.7 Å². The predicted molar refractivity (Wildman–Crippen MR) is 114 cm³/mol. The van der Waals surface area contributed by atoms with Crippen molar-refractivity contribution in [3.05, 3.63) is 75.1 Å². The Morgan fingerprint density at radius 2 is 1.69 bits per heavy atom. The number of amides is 1. The highest BCUT2D eigenvalue weighted by Crippen LogP contribution is 2.31. The van der Waals surface area contributed by atoms with Crippen LogP contribution in [0, 0.1) is 30.9 Å². The fourth-order valence-corrected chi connectivity index (χ4v) is 3.32. The van der Waals surface area contributed by atoms with E-state index in [1.165, 1.54) is 35.9 Å². The molecule has 0 aliphatic carbocycles. The zero-order valence-corrected chi connectivity index (χ0v) is 17.9. The van der Waals surface area contributed by atoms with Gasteiger partial charge in [0.1, 0.15) is 23.2 Å². The summed E-state index contributed by atoms with van der Waals surface area (Å²) in [6.45, 7) is 6.86. The van der Waals surface area contributed by atoms with Gasteiger partial charge in [-0.05, 0) is 57.0 Å². The average Bonchev–Trinajstić information content (AvgIpc) is 3.08. The number of benzene rings is 2. The Balaban J connectivity index is 1.86. The van der Waals surface area contributed by atoms with Crippen molar-refractivity contribution in [3.63, 3.8) is 0 Å². The molecule has 0 bridgehead atoms. The lowest BCUT2D eigenvalue weighted by atomic mass is 10.1. The molecule has 0 radical (unpaired) electrons. The number of carbonyl (C=O) groups excluding carboxylic acids is 1. The molecule has 1 amide bonds. The van der Waals surface area contributed by atoms with E-state index in [9.17, 15) is 23.7 Å². The smallest absolute Gasteiger partial charge is 0.282 e. The minimum absolute atomic E-state index is 0.134. The van der Waals surface area contributed by atoms with E-state index in [-0.39, 0.29) is 17.1 Å². The number of aromatic nitrogens is 2. The molecule has 2 aromatic carbocycles. The van der Waals surface area contributed by atoms with E-state index in [1.807, 2.05) is 19.9 Å². The quantitative estimate of drug-likeness (QED) is 0.375. The van der Waals surface area contributed by atoms with Gasteiger partial charge in [0, 0.05) is 17.8 Å². The fourth-order valence-electron chi connectivity index (χ4n) is 3.32. The SMILES string of the molecule is Cc1cc(C)cc(Oc2cc(NC(=O)[C@@H](C)n3nc(C(F)F)cc3C)cc([N+](=O)[O-])c2)c1. The van der Waals surface area contributed by atoms with Crippen LogP contribution in [-0.4, -0.2) is 20.6 Å². The van der Waals surface area contributed by atoms with Crippen molar-refractivity contribution in [2.45, 2.75) is 40.2 Å². The van der Waals surface area contributed by atoms with Crippen molar-refractivity contribution in [2.24, 2.45) is 0 Å². The lowest BCUT2D eigenvalue weighted by Gasteiger charge is -2.15. The molecule has 0 saturated heterocycles. The van der Waals surface area contributed by atoms with Crippen molar-refractivity contribution in [3.8, 4) is 11.5 Å². The fraction of sp³-hybridized carbons (Fsp3) is 0.273. The molecule has 168 valence electrons. The first kappa shape index (κ1) is 22.9. The Bertz CT molecular complexity index is 1160. The summed E-state index contributed by atoms with van der Waals surface area (Å²) in [4.78, 5) is 23.5. The maximum atomic E-state index is 12.9. The molecule has 3 rings (SSSR count). The number of carbonyl (C=O) groups is 1. The minimum atomic E-state index is -2.76. The maximum absolute atomic E-state index is 12.9. The standard InChI is InChI=1S/C22H22F2N4O4/c1-12-5-13(2)7-18(6-12)32-19-10-16(9-17(11-19)28(30)31)25-22(29)15(4)27-14(3)8-20(26-27)21(23)24/h5-11,15,21H,1-4H3,(H,25,29)/t15-/m1/s1. The van der Waals surface area contributed by atoms with Gasteiger partial charge in [0.25, 0.3) is 12.1 Å². The number of hydrogen-bond acceptors (Lipinski definition) is 5. The Morgan fingerprint density at radius 1 is 1.06 bits per heavy atom. The van der Waals surface area contributed by atoms with E-state index < -0.39 is 29.0 Å². The molecule has 0 saturated carbocycles. The maximum Gasteiger partial charge on any atom is 0.282 e. The van der Waals surface area contributed by atoms with E-state index >= 15 is 0 Å². The van der Waals surface area contributed by atoms with E-state index in [0.29, 0.717) is 11.4 Å². The molecule has 10 heteroatoms. The molecule has 0 fully saturated rings. The Labute approximate surface area is 183 Å². The highest BCUT2D eigenvalue weighted by Gasteiger charge is 2.22. The molecule has 1 heterocycles. The molecule has 32 heavy (non-hydrogen) atoms. The number of alkyl halides is 2. The van der Waals surface area contributed by atoms with Gasteiger partial charge in [-0.2, -0.15) is 5.10 Å². The van der Waals surface area contributed by atoms with Crippen molar-refractivity contribution < 1.29 is 23.2 Å². The van der Waals surface area contributed by atoms with Gasteiger partial charge in [-0.3, -0.25) is 19.6 Å². The van der Waals surface area contributed by atoms with E-state index in [0.717, 1.165) is 11.1 Å². The van der Waals surface area contributed by atoms with Gasteiger partial charge in [-0.15, -0.1) is 0 Å². The number of nitrogens with one attached hydrogen (secondary N) is 1. The molecule has 0 aliphatic heterocycles. The monoisotopic (exact) mass is 444 g/mol. The van der Waals surface area contributed by atoms with Crippen molar-refractivity contribution in [1.82, 2.24) is 9.78 Å². The Hall–Kier alpha value is -3.82. The summed E-state index contributed by atoms with van der Waals surface area (Å²) in [6.07, 6.45) is -2.76. The summed E-state index contributed by atoms with van der Waals surface area (Å²) in [5, 5.41) is 17.7. The van der Waals surface area contributed by atoms with Crippen LogP contribution in [-0.2, 0) is 4.79 Å². The summed E-state index contributed by atoms with van der Waals surface area (Å²) < 4.78 is 32.8. The summed E-state index contributed by atoms with van der Waals surface area (Å²) >= 11 is 0. The van der Waals surface area contributed by atoms with E-state index in [4.69, 9.17) is 4.74 Å². The molecular formula is C22H22F2N4O4. The molecule has 8 nitrogen and oxygen atoms in total. The lowest BCUT2D eigenvalue weighted by Crippen LogP contribution is -2.25. The molecular weight excluding hydrogens is 422 g/mol. The third-order valence-electron chi connectivity index (χ3n) is 4.71. The number of ether oxygens (including phenoxy) is 1. The van der Waals surface area contributed by atoms with Crippen LogP contribution in [0.25, 0.3) is 0 Å². The predicted octanol–water partition coefficient (Wildman–Crippen LogP) is 5.65. The molecule has 1 aromatic heterocycles. The molecule has 3 aromatic rings. The van der Waals surface area contributed by atoms with Crippen LogP contribution in [0.4, 0.5) is 20.2 Å². The highest BCUT2D eigenvalue weighted by atomic mass is 19.3. The number of anilines is 1. The van der Waals surface area contributed by atoms with E-state index in [1.54, 1.807) is 19.1 Å². The van der Waals surface area contributed by atoms with Gasteiger partial charge in [-0.25, -0.2) is 8.78 Å². The third kappa shape index (κ3) is 5.26. The van der Waals surface area contributed by atoms with Gasteiger partial charge >= 0.3 is 0 Å². The zero-order valence-electron chi connectivity index (χ0n) is 17.9. The Morgan fingerprint density at radius 3 is 2.25 bits per heavy atom. The zero-order chi connectivity index (χ0) is 23.6. The summed E-state index contributed by atoms with van der Waals surface area (Å²) in [7, 11) is 0. The molecule has 0 unspecified atom stereocenters. The van der Waals surface area contributed by atoms with Crippen molar-refractivity contribution >= 4 is 17.3 Å². The summed E-state index contributed by atoms with van der Waals surface area (Å²) in [5.74, 6) is 0.0950. The number of nitro groups is 1. The number of aryl methyl sites for hydroxylation is 3. The topological polar surface area (TPSA) is 99.3 Å². The van der Waals surface area contributed by atoms with Crippen LogP contribution in [0.3, 0.4) is 0 Å². The van der Waals surface area contributed by atoms with Crippen molar-refractivity contribution in [1.29, 1.82) is 0 Å². The molecule has 0 spiro atoms. The van der Waals surface area contributed by atoms with Gasteiger partial charge in [0.2, 0.25) is 5.91 Å². The first-order chi connectivity index (χ1) is 15.0. The normalized spacial score (nSPS) is 12.0. The second kappa shape index (κ2) is 9.13. The number of hydrogen-bond donors (Lipinski definition) is 1. The molecule has 1 N–H and O–H groups in total. The van der Waals surface area contributed by atoms with Crippen LogP contribution in [0.2, 0.25) is 0 Å². The van der Waals surface area contributed by atoms with E-state index in [2.05, 4.69) is 10.4 Å². The highest BCUT2D eigenvalue weighted by molar-refractivity contribution is 5.94. The number of halogens is 2. The second-order valence-electron chi connectivity index (χ2n) is 7.52. The van der Waals surface area contributed by atoms with Gasteiger partial charge in [-0.1, -0.05) is 6.07 Å². The third-order valence-corrected chi connectivity index (χ3v) is 4.71. The minimum Gasteiger partial charge on any atom is -0.457 e. The van der Waals surface area contributed by atoms with Crippen LogP contribution >= 0.6 is 0 Å². The summed E-state index contributed by atoms with van der Waals surface area (Å²) in [5.41, 5.74) is 1.75. The number of rotatable bonds is 7. The molecule has 1 atom stereocenters. The summed E-state index contributed by atoms with van der Waals surface area (Å²) in [6, 6.07) is 9.71. The van der Waals surface area contributed by atoms with Gasteiger partial charge < -0.3 is 10.1 Å². The Kier molecular flexibility index (Phi) is 6.52. The van der Waals surface area contributed by atoms with Gasteiger partial charge in [0.15, 0.2) is 0 Å². The molecule has 0 aliphatic rings. The van der Waals surface area contributed by atoms with Crippen LogP contribution in [0.1, 0.15) is 41.9 Å². The van der Waals surface area contributed by atoms with Crippen LogP contribution in [0.5, 0.6) is 11.5 Å².